The van der Waals surface area contributed by atoms with Gasteiger partial charge in [0.05, 0.1) is 5.92 Å². The molecule has 2 heterocycles. The summed E-state index contributed by atoms with van der Waals surface area (Å²) in [5.41, 5.74) is 1.27. The Kier molecular flexibility index (Phi) is 3.29. The number of nitrogens with one attached hydrogen (secondary N) is 1. The molecule has 0 radical (unpaired) electrons. The van der Waals surface area contributed by atoms with Crippen LogP contribution in [0, 0.1) is 12.7 Å². The first-order valence-corrected chi connectivity index (χ1v) is 6.55. The lowest BCUT2D eigenvalue weighted by Crippen LogP contribution is -2.28. The number of rotatable bonds is 2. The molecule has 100 valence electrons. The fourth-order valence-electron chi connectivity index (χ4n) is 2.31. The SMILES string of the molecule is Cc1ccc(-c2noc(C3CCCNC3)n2)cc1F. The number of aromatic nitrogens is 2. The van der Waals surface area contributed by atoms with Crippen LogP contribution in [0.4, 0.5) is 4.39 Å². The van der Waals surface area contributed by atoms with Crippen LogP contribution in [0.2, 0.25) is 0 Å². The predicted molar refractivity (Wildman–Crippen MR) is 69.3 cm³/mol. The van der Waals surface area contributed by atoms with E-state index in [0.717, 1.165) is 25.9 Å². The minimum Gasteiger partial charge on any atom is -0.339 e. The molecule has 2 aromatic rings. The van der Waals surface area contributed by atoms with E-state index in [1.54, 1.807) is 13.0 Å². The first-order valence-electron chi connectivity index (χ1n) is 6.55. The number of hydrogen-bond donors (Lipinski definition) is 1. The third-order valence-corrected chi connectivity index (χ3v) is 3.52. The number of aryl methyl sites for hydroxylation is 1. The van der Waals surface area contributed by atoms with E-state index < -0.39 is 0 Å². The van der Waals surface area contributed by atoms with Gasteiger partial charge in [0.15, 0.2) is 0 Å². The normalized spacial score (nSPS) is 19.6. The van der Waals surface area contributed by atoms with Crippen molar-refractivity contribution in [3.05, 3.63) is 35.5 Å². The Morgan fingerprint density at radius 2 is 2.32 bits per heavy atom. The van der Waals surface area contributed by atoms with Crippen molar-refractivity contribution in [2.24, 2.45) is 0 Å². The van der Waals surface area contributed by atoms with Gasteiger partial charge in [-0.15, -0.1) is 0 Å². The molecule has 0 spiro atoms. The van der Waals surface area contributed by atoms with Gasteiger partial charge in [0.2, 0.25) is 11.7 Å². The lowest BCUT2D eigenvalue weighted by molar-refractivity contribution is 0.322. The number of halogens is 1. The molecule has 1 atom stereocenters. The topological polar surface area (TPSA) is 51.0 Å². The minimum absolute atomic E-state index is 0.247. The number of hydrogen-bond acceptors (Lipinski definition) is 4. The highest BCUT2D eigenvalue weighted by molar-refractivity contribution is 5.55. The van der Waals surface area contributed by atoms with Gasteiger partial charge in [-0.25, -0.2) is 4.39 Å². The molecule has 1 fully saturated rings. The average Bonchev–Trinajstić information content (AvgIpc) is 2.93. The van der Waals surface area contributed by atoms with Gasteiger partial charge in [-0.2, -0.15) is 4.98 Å². The van der Waals surface area contributed by atoms with Crippen molar-refractivity contribution in [2.45, 2.75) is 25.7 Å². The molecule has 1 aromatic heterocycles. The molecule has 1 saturated heterocycles. The van der Waals surface area contributed by atoms with Crippen LogP contribution in [-0.4, -0.2) is 23.2 Å². The van der Waals surface area contributed by atoms with Gasteiger partial charge in [0, 0.05) is 12.1 Å². The molecule has 5 heteroatoms. The summed E-state index contributed by atoms with van der Waals surface area (Å²) in [6, 6.07) is 4.98. The molecule has 0 saturated carbocycles. The minimum atomic E-state index is -0.247. The van der Waals surface area contributed by atoms with Crippen molar-refractivity contribution >= 4 is 0 Å². The van der Waals surface area contributed by atoms with E-state index >= 15 is 0 Å². The van der Waals surface area contributed by atoms with E-state index in [1.807, 2.05) is 6.07 Å². The second-order valence-corrected chi connectivity index (χ2v) is 4.96. The Balaban J connectivity index is 1.85. The van der Waals surface area contributed by atoms with Crippen molar-refractivity contribution in [3.8, 4) is 11.4 Å². The Morgan fingerprint density at radius 3 is 3.05 bits per heavy atom. The summed E-state index contributed by atoms with van der Waals surface area (Å²) in [5.74, 6) is 1.12. The zero-order valence-corrected chi connectivity index (χ0v) is 10.8. The molecule has 1 aliphatic rings. The predicted octanol–water partition coefficient (Wildman–Crippen LogP) is 2.65. The standard InChI is InChI=1S/C14H16FN3O/c1-9-4-5-10(7-12(9)15)13-17-14(19-18-13)11-3-2-6-16-8-11/h4-5,7,11,16H,2-3,6,8H2,1H3. The first kappa shape index (κ1) is 12.3. The maximum Gasteiger partial charge on any atom is 0.231 e. The van der Waals surface area contributed by atoms with Crippen molar-refractivity contribution < 1.29 is 8.91 Å². The van der Waals surface area contributed by atoms with E-state index in [9.17, 15) is 4.39 Å². The summed E-state index contributed by atoms with van der Waals surface area (Å²) in [6.45, 7) is 3.64. The van der Waals surface area contributed by atoms with Gasteiger partial charge < -0.3 is 9.84 Å². The molecule has 19 heavy (non-hydrogen) atoms. The summed E-state index contributed by atoms with van der Waals surface area (Å²) in [7, 11) is 0. The molecular weight excluding hydrogens is 245 g/mol. The third kappa shape index (κ3) is 2.51. The molecule has 1 aliphatic heterocycles. The van der Waals surface area contributed by atoms with Gasteiger partial charge in [-0.3, -0.25) is 0 Å². The van der Waals surface area contributed by atoms with E-state index in [2.05, 4.69) is 15.5 Å². The Bertz CT molecular complexity index is 576. The number of piperidine rings is 1. The van der Waals surface area contributed by atoms with Crippen LogP contribution in [0.15, 0.2) is 22.7 Å². The highest BCUT2D eigenvalue weighted by Crippen LogP contribution is 2.25. The number of benzene rings is 1. The second-order valence-electron chi connectivity index (χ2n) is 4.96. The van der Waals surface area contributed by atoms with Crippen LogP contribution in [0.1, 0.15) is 30.2 Å². The van der Waals surface area contributed by atoms with Gasteiger partial charge in [-0.05, 0) is 37.9 Å². The molecule has 0 aliphatic carbocycles. The maximum absolute atomic E-state index is 13.5. The molecule has 1 N–H and O–H groups in total. The lowest BCUT2D eigenvalue weighted by Gasteiger charge is -2.18. The summed E-state index contributed by atoms with van der Waals surface area (Å²) in [6.07, 6.45) is 2.17. The van der Waals surface area contributed by atoms with Gasteiger partial charge in [-0.1, -0.05) is 17.3 Å². The van der Waals surface area contributed by atoms with E-state index in [-0.39, 0.29) is 11.7 Å². The van der Waals surface area contributed by atoms with Crippen molar-refractivity contribution in [1.29, 1.82) is 0 Å². The number of nitrogens with zero attached hydrogens (tertiary/aromatic N) is 2. The van der Waals surface area contributed by atoms with Gasteiger partial charge >= 0.3 is 0 Å². The Hall–Kier alpha value is -1.75. The fourth-order valence-corrected chi connectivity index (χ4v) is 2.31. The smallest absolute Gasteiger partial charge is 0.231 e. The fraction of sp³-hybridized carbons (Fsp3) is 0.429. The highest BCUT2D eigenvalue weighted by atomic mass is 19.1. The van der Waals surface area contributed by atoms with E-state index in [1.165, 1.54) is 6.07 Å². The van der Waals surface area contributed by atoms with E-state index in [0.29, 0.717) is 22.8 Å². The summed E-state index contributed by atoms with van der Waals surface area (Å²) < 4.78 is 18.8. The quantitative estimate of drug-likeness (QED) is 0.903. The Morgan fingerprint density at radius 1 is 1.42 bits per heavy atom. The zero-order valence-electron chi connectivity index (χ0n) is 10.8. The molecule has 1 unspecified atom stereocenters. The summed E-state index contributed by atoms with van der Waals surface area (Å²) in [5, 5.41) is 7.26. The lowest BCUT2D eigenvalue weighted by atomic mass is 10.00. The molecule has 3 rings (SSSR count). The van der Waals surface area contributed by atoms with Crippen LogP contribution >= 0.6 is 0 Å². The Labute approximate surface area is 111 Å². The molecule has 0 bridgehead atoms. The van der Waals surface area contributed by atoms with Gasteiger partial charge in [0.1, 0.15) is 5.82 Å². The van der Waals surface area contributed by atoms with E-state index in [4.69, 9.17) is 4.52 Å². The van der Waals surface area contributed by atoms with Crippen molar-refractivity contribution in [1.82, 2.24) is 15.5 Å². The van der Waals surface area contributed by atoms with Crippen LogP contribution < -0.4 is 5.32 Å². The van der Waals surface area contributed by atoms with Crippen molar-refractivity contribution in [3.63, 3.8) is 0 Å². The van der Waals surface area contributed by atoms with Crippen LogP contribution in [0.5, 0.6) is 0 Å². The summed E-state index contributed by atoms with van der Waals surface area (Å²) >= 11 is 0. The van der Waals surface area contributed by atoms with Crippen LogP contribution in [-0.2, 0) is 0 Å². The molecule has 1 aromatic carbocycles. The second kappa shape index (κ2) is 5.09. The zero-order chi connectivity index (χ0) is 13.2. The van der Waals surface area contributed by atoms with Crippen molar-refractivity contribution in [2.75, 3.05) is 13.1 Å². The molecular formula is C14H16FN3O. The maximum atomic E-state index is 13.5. The molecule has 4 nitrogen and oxygen atoms in total. The highest BCUT2D eigenvalue weighted by Gasteiger charge is 2.21. The first-order chi connectivity index (χ1) is 9.24. The van der Waals surface area contributed by atoms with Crippen LogP contribution in [0.3, 0.4) is 0 Å². The largest absolute Gasteiger partial charge is 0.339 e. The molecule has 0 amide bonds. The van der Waals surface area contributed by atoms with Crippen LogP contribution in [0.25, 0.3) is 11.4 Å². The summed E-state index contributed by atoms with van der Waals surface area (Å²) in [4.78, 5) is 4.39. The third-order valence-electron chi connectivity index (χ3n) is 3.52. The average molecular weight is 261 g/mol. The van der Waals surface area contributed by atoms with Gasteiger partial charge in [0.25, 0.3) is 0 Å². The monoisotopic (exact) mass is 261 g/mol.